The van der Waals surface area contributed by atoms with E-state index < -0.39 is 41.9 Å². The quantitative estimate of drug-likeness (QED) is 0.509. The molecule has 1 saturated heterocycles. The third-order valence-electron chi connectivity index (χ3n) is 6.78. The first-order chi connectivity index (χ1) is 17.1. The van der Waals surface area contributed by atoms with Gasteiger partial charge in [0.1, 0.15) is 23.5 Å². The summed E-state index contributed by atoms with van der Waals surface area (Å²) in [6.07, 6.45) is -2.15. The van der Waals surface area contributed by atoms with Gasteiger partial charge >= 0.3 is 6.18 Å². The molecule has 1 fully saturated rings. The molecule has 2 aliphatic heterocycles. The van der Waals surface area contributed by atoms with E-state index in [1.54, 1.807) is 0 Å². The minimum atomic E-state index is -4.67. The Labute approximate surface area is 205 Å². The summed E-state index contributed by atoms with van der Waals surface area (Å²) < 4.78 is 47.5. The number of alkyl halides is 3. The number of fused-ring (bicyclic) bond motifs is 2. The van der Waals surface area contributed by atoms with E-state index in [1.807, 2.05) is 50.2 Å². The molecule has 0 saturated carbocycles. The highest BCUT2D eigenvalue weighted by atomic mass is 19.4. The van der Waals surface area contributed by atoms with Crippen molar-refractivity contribution in [3.05, 3.63) is 88.7 Å². The van der Waals surface area contributed by atoms with Gasteiger partial charge in [-0.15, -0.1) is 0 Å². The Hall–Kier alpha value is -3.88. The van der Waals surface area contributed by atoms with Crippen LogP contribution in [0, 0.1) is 19.8 Å². The summed E-state index contributed by atoms with van der Waals surface area (Å²) >= 11 is 0. The Balaban J connectivity index is 1.47. The van der Waals surface area contributed by atoms with Crippen LogP contribution in [-0.2, 0) is 9.59 Å². The minimum absolute atomic E-state index is 0.281. The van der Waals surface area contributed by atoms with Crippen molar-refractivity contribution in [2.24, 2.45) is 5.92 Å². The fourth-order valence-electron chi connectivity index (χ4n) is 4.95. The van der Waals surface area contributed by atoms with Crippen molar-refractivity contribution in [3.63, 3.8) is 0 Å². The Morgan fingerprint density at radius 1 is 1.00 bits per heavy atom. The molecule has 2 aromatic carbocycles. The van der Waals surface area contributed by atoms with E-state index in [2.05, 4.69) is 15.6 Å². The summed E-state index contributed by atoms with van der Waals surface area (Å²) in [6.45, 7) is 3.84. The molecule has 3 heterocycles. The lowest BCUT2D eigenvalue weighted by Crippen LogP contribution is -2.58. The number of aromatic nitrogens is 1. The molecule has 0 radical (unpaired) electrons. The summed E-state index contributed by atoms with van der Waals surface area (Å²) in [5, 5.41) is 4.98. The van der Waals surface area contributed by atoms with E-state index in [1.165, 1.54) is 24.5 Å². The van der Waals surface area contributed by atoms with Gasteiger partial charge in [-0.3, -0.25) is 14.6 Å². The van der Waals surface area contributed by atoms with Gasteiger partial charge in [-0.2, -0.15) is 13.2 Å². The van der Waals surface area contributed by atoms with Gasteiger partial charge in [0.2, 0.25) is 11.8 Å². The smallest absolute Gasteiger partial charge is 0.409 e. The maximum absolute atomic E-state index is 13.8. The molecule has 2 aliphatic rings. The normalized spacial score (nSPS) is 21.6. The molecule has 0 spiro atoms. The predicted molar refractivity (Wildman–Crippen MR) is 125 cm³/mol. The van der Waals surface area contributed by atoms with E-state index >= 15 is 0 Å². The lowest BCUT2D eigenvalue weighted by molar-refractivity contribution is -0.175. The third kappa shape index (κ3) is 4.41. The van der Waals surface area contributed by atoms with Crippen molar-refractivity contribution in [3.8, 4) is 11.5 Å². The van der Waals surface area contributed by atoms with E-state index in [0.717, 1.165) is 11.1 Å². The lowest BCUT2D eigenvalue weighted by atomic mass is 9.79. The number of benzene rings is 2. The summed E-state index contributed by atoms with van der Waals surface area (Å²) in [7, 11) is 0. The number of ether oxygens (including phenoxy) is 1. The number of amides is 2. The SMILES string of the molecule is Cc1ccc2c(c1)Oc1cc(C)ccc1C2NC(=O)C1CC(c2ccncc2)C(C(F)(F)F)NC1=O. The number of nitrogens with zero attached hydrogens (tertiary/aromatic N) is 1. The van der Waals surface area contributed by atoms with Crippen LogP contribution >= 0.6 is 0 Å². The van der Waals surface area contributed by atoms with Gasteiger partial charge in [0, 0.05) is 29.4 Å². The fourth-order valence-corrected chi connectivity index (χ4v) is 4.95. The van der Waals surface area contributed by atoms with Gasteiger partial charge in [-0.1, -0.05) is 24.3 Å². The van der Waals surface area contributed by atoms with Gasteiger partial charge in [-0.05, 0) is 61.2 Å². The van der Waals surface area contributed by atoms with Gasteiger partial charge in [0.25, 0.3) is 0 Å². The number of carbonyl (C=O) groups excluding carboxylic acids is 2. The highest BCUT2D eigenvalue weighted by molar-refractivity contribution is 6.01. The van der Waals surface area contributed by atoms with Crippen molar-refractivity contribution >= 4 is 11.8 Å². The largest absolute Gasteiger partial charge is 0.457 e. The molecule has 3 aromatic rings. The van der Waals surface area contributed by atoms with Gasteiger partial charge in [-0.25, -0.2) is 0 Å². The van der Waals surface area contributed by atoms with E-state index in [9.17, 15) is 22.8 Å². The monoisotopic (exact) mass is 495 g/mol. The van der Waals surface area contributed by atoms with Crippen LogP contribution in [0.5, 0.6) is 11.5 Å². The van der Waals surface area contributed by atoms with Crippen LogP contribution in [0.1, 0.15) is 46.2 Å². The summed E-state index contributed by atoms with van der Waals surface area (Å²) in [6, 6.07) is 11.4. The summed E-state index contributed by atoms with van der Waals surface area (Å²) in [5.74, 6) is -2.84. The van der Waals surface area contributed by atoms with Crippen molar-refractivity contribution < 1.29 is 27.5 Å². The van der Waals surface area contributed by atoms with Crippen LogP contribution in [0.4, 0.5) is 13.2 Å². The molecular formula is C27H24F3N3O3. The molecule has 3 atom stereocenters. The minimum Gasteiger partial charge on any atom is -0.457 e. The average molecular weight is 496 g/mol. The Morgan fingerprint density at radius 3 is 2.14 bits per heavy atom. The van der Waals surface area contributed by atoms with Crippen LogP contribution in [0.15, 0.2) is 60.9 Å². The number of rotatable bonds is 3. The summed E-state index contributed by atoms with van der Waals surface area (Å²) in [5.41, 5.74) is 3.72. The van der Waals surface area contributed by atoms with Gasteiger partial charge < -0.3 is 15.4 Å². The number of carbonyl (C=O) groups is 2. The van der Waals surface area contributed by atoms with E-state index in [-0.39, 0.29) is 6.42 Å². The number of piperidine rings is 1. The first-order valence-electron chi connectivity index (χ1n) is 11.6. The highest BCUT2D eigenvalue weighted by Crippen LogP contribution is 2.44. The predicted octanol–water partition coefficient (Wildman–Crippen LogP) is 4.86. The third-order valence-corrected chi connectivity index (χ3v) is 6.78. The maximum Gasteiger partial charge on any atom is 0.409 e. The summed E-state index contributed by atoms with van der Waals surface area (Å²) in [4.78, 5) is 30.1. The maximum atomic E-state index is 13.8. The van der Waals surface area contributed by atoms with Gasteiger partial charge in [0.15, 0.2) is 0 Å². The zero-order chi connectivity index (χ0) is 25.6. The molecule has 1 aromatic heterocycles. The van der Waals surface area contributed by atoms with Crippen LogP contribution in [-0.4, -0.2) is 29.0 Å². The van der Waals surface area contributed by atoms with Crippen LogP contribution in [0.25, 0.3) is 0 Å². The number of hydrogen-bond donors (Lipinski definition) is 2. The molecule has 3 unspecified atom stereocenters. The number of pyridine rings is 1. The van der Waals surface area contributed by atoms with Gasteiger partial charge in [0.05, 0.1) is 6.04 Å². The molecule has 5 rings (SSSR count). The fraction of sp³-hybridized carbons (Fsp3) is 0.296. The van der Waals surface area contributed by atoms with Crippen LogP contribution in [0.3, 0.4) is 0 Å². The van der Waals surface area contributed by atoms with Crippen LogP contribution in [0.2, 0.25) is 0 Å². The Morgan fingerprint density at radius 2 is 1.58 bits per heavy atom. The second kappa shape index (κ2) is 8.96. The molecule has 2 amide bonds. The molecule has 2 N–H and O–H groups in total. The standard InChI is InChI=1S/C27H24F3N3O3/c1-14-3-5-17-21(11-14)36-22-12-15(2)4-6-18(22)23(17)32-25(34)20-13-19(16-7-9-31-10-8-16)24(27(28,29)30)33-26(20)35/h3-12,19-20,23-24H,13H2,1-2H3,(H,32,34)(H,33,35). The Bertz CT molecular complexity index is 1280. The average Bonchev–Trinajstić information content (AvgIpc) is 2.83. The highest BCUT2D eigenvalue weighted by Gasteiger charge is 2.52. The zero-order valence-electron chi connectivity index (χ0n) is 19.6. The van der Waals surface area contributed by atoms with Crippen molar-refractivity contribution in [2.75, 3.05) is 0 Å². The van der Waals surface area contributed by atoms with Crippen molar-refractivity contribution in [1.82, 2.24) is 15.6 Å². The van der Waals surface area contributed by atoms with Crippen molar-refractivity contribution in [2.45, 2.75) is 44.4 Å². The lowest BCUT2D eigenvalue weighted by Gasteiger charge is -2.38. The molecule has 36 heavy (non-hydrogen) atoms. The number of hydrogen-bond acceptors (Lipinski definition) is 4. The second-order valence-corrected chi connectivity index (χ2v) is 9.33. The second-order valence-electron chi connectivity index (χ2n) is 9.33. The molecule has 0 bridgehead atoms. The molecule has 0 aliphatic carbocycles. The first kappa shape index (κ1) is 23.8. The number of aryl methyl sites for hydroxylation is 2. The number of nitrogens with one attached hydrogen (secondary N) is 2. The molecule has 186 valence electrons. The Kier molecular flexibility index (Phi) is 5.94. The van der Waals surface area contributed by atoms with E-state index in [4.69, 9.17) is 4.74 Å². The number of halogens is 3. The van der Waals surface area contributed by atoms with E-state index in [0.29, 0.717) is 28.2 Å². The molecule has 6 nitrogen and oxygen atoms in total. The zero-order valence-corrected chi connectivity index (χ0v) is 19.6. The van der Waals surface area contributed by atoms with Crippen LogP contribution < -0.4 is 15.4 Å². The topological polar surface area (TPSA) is 80.3 Å². The van der Waals surface area contributed by atoms with Crippen molar-refractivity contribution in [1.29, 1.82) is 0 Å². The first-order valence-corrected chi connectivity index (χ1v) is 11.6. The molecule has 9 heteroatoms. The molecular weight excluding hydrogens is 471 g/mol.